The van der Waals surface area contributed by atoms with Crippen LogP contribution in [0.1, 0.15) is 19.4 Å². The van der Waals surface area contributed by atoms with Crippen molar-refractivity contribution in [1.82, 2.24) is 5.32 Å². The van der Waals surface area contributed by atoms with E-state index in [-0.39, 0.29) is 6.54 Å². The zero-order valence-electron chi connectivity index (χ0n) is 9.72. The first-order valence-corrected chi connectivity index (χ1v) is 5.14. The average Bonchev–Trinajstić information content (AvgIpc) is 2.25. The summed E-state index contributed by atoms with van der Waals surface area (Å²) in [6, 6.07) is 4.23. The Labute approximate surface area is 98.7 Å². The fourth-order valence-electron chi connectivity index (χ4n) is 1.28. The molecule has 5 heteroatoms. The maximum absolute atomic E-state index is 13.0. The second-order valence-corrected chi connectivity index (χ2v) is 4.51. The fourth-order valence-corrected chi connectivity index (χ4v) is 1.28. The molecular formula is C12H14F2N2O. The molecule has 0 atom stereocenters. The molecule has 0 aliphatic heterocycles. The van der Waals surface area contributed by atoms with Crippen LogP contribution in [0.5, 0.6) is 5.75 Å². The normalized spacial score (nSPS) is 11.2. The van der Waals surface area contributed by atoms with Crippen molar-refractivity contribution in [3.8, 4) is 11.8 Å². The molecule has 0 heterocycles. The Kier molecular flexibility index (Phi) is 4.02. The molecule has 0 unspecified atom stereocenters. The Morgan fingerprint density at radius 3 is 2.35 bits per heavy atom. The van der Waals surface area contributed by atoms with Crippen LogP contribution >= 0.6 is 0 Å². The number of nitrogens with one attached hydrogen (secondary N) is 1. The van der Waals surface area contributed by atoms with Crippen LogP contribution < -0.4 is 5.32 Å². The predicted octanol–water partition coefficient (Wildman–Crippen LogP) is 2.31. The van der Waals surface area contributed by atoms with Crippen LogP contribution in [0.2, 0.25) is 0 Å². The van der Waals surface area contributed by atoms with Crippen molar-refractivity contribution in [2.75, 3.05) is 6.54 Å². The third-order valence-corrected chi connectivity index (χ3v) is 2.28. The number of rotatable bonds is 4. The molecule has 0 aromatic heterocycles. The number of phenolic OH excluding ortho intramolecular Hbond substituents is 1. The minimum absolute atomic E-state index is 0.235. The average molecular weight is 240 g/mol. The lowest BCUT2D eigenvalue weighted by molar-refractivity contribution is 0.394. The summed E-state index contributed by atoms with van der Waals surface area (Å²) in [6.45, 7) is 4.17. The third-order valence-electron chi connectivity index (χ3n) is 2.28. The van der Waals surface area contributed by atoms with Gasteiger partial charge in [-0.05, 0) is 31.5 Å². The van der Waals surface area contributed by atoms with Crippen LogP contribution in [0.25, 0.3) is 0 Å². The quantitative estimate of drug-likeness (QED) is 0.849. The standard InChI is InChI=1S/C12H14F2N2O/c1-12(2,6-15)7-16-5-8-3-9(13)11(17)10(14)4-8/h3-4,16-17H,5,7H2,1-2H3. The number of nitriles is 1. The molecule has 0 aliphatic rings. The van der Waals surface area contributed by atoms with E-state index >= 15 is 0 Å². The molecule has 0 saturated carbocycles. The van der Waals surface area contributed by atoms with Crippen LogP contribution in [0, 0.1) is 28.4 Å². The zero-order valence-corrected chi connectivity index (χ0v) is 9.72. The van der Waals surface area contributed by atoms with Crippen molar-refractivity contribution >= 4 is 0 Å². The van der Waals surface area contributed by atoms with E-state index < -0.39 is 22.8 Å². The number of hydrogen-bond acceptors (Lipinski definition) is 3. The van der Waals surface area contributed by atoms with Gasteiger partial charge in [0.25, 0.3) is 0 Å². The summed E-state index contributed by atoms with van der Waals surface area (Å²) < 4.78 is 26.0. The van der Waals surface area contributed by atoms with E-state index in [1.807, 2.05) is 0 Å². The maximum atomic E-state index is 13.0. The molecule has 1 rings (SSSR count). The van der Waals surface area contributed by atoms with Gasteiger partial charge in [-0.15, -0.1) is 0 Å². The molecule has 1 aromatic carbocycles. The number of aromatic hydroxyl groups is 1. The summed E-state index contributed by atoms with van der Waals surface area (Å²) in [6.07, 6.45) is 0. The van der Waals surface area contributed by atoms with Gasteiger partial charge in [0.15, 0.2) is 17.4 Å². The Hall–Kier alpha value is -1.67. The largest absolute Gasteiger partial charge is 0.503 e. The summed E-state index contributed by atoms with van der Waals surface area (Å²) >= 11 is 0. The van der Waals surface area contributed by atoms with Gasteiger partial charge in [-0.3, -0.25) is 0 Å². The molecule has 92 valence electrons. The number of benzene rings is 1. The van der Waals surface area contributed by atoms with Crippen LogP contribution in [0.4, 0.5) is 8.78 Å². The van der Waals surface area contributed by atoms with Crippen molar-refractivity contribution in [3.05, 3.63) is 29.3 Å². The second kappa shape index (κ2) is 5.11. The van der Waals surface area contributed by atoms with Crippen LogP contribution in [-0.4, -0.2) is 11.7 Å². The highest BCUT2D eigenvalue weighted by Gasteiger charge is 2.16. The van der Waals surface area contributed by atoms with Gasteiger partial charge in [-0.1, -0.05) is 0 Å². The minimum atomic E-state index is -0.985. The van der Waals surface area contributed by atoms with Crippen molar-refractivity contribution in [1.29, 1.82) is 5.26 Å². The van der Waals surface area contributed by atoms with E-state index in [0.29, 0.717) is 12.1 Å². The first-order valence-electron chi connectivity index (χ1n) is 5.14. The fraction of sp³-hybridized carbons (Fsp3) is 0.417. The van der Waals surface area contributed by atoms with Gasteiger partial charge in [-0.2, -0.15) is 5.26 Å². The van der Waals surface area contributed by atoms with Crippen LogP contribution in [0.3, 0.4) is 0 Å². The smallest absolute Gasteiger partial charge is 0.187 e. The number of halogens is 2. The molecule has 0 fully saturated rings. The van der Waals surface area contributed by atoms with E-state index in [1.54, 1.807) is 13.8 Å². The number of hydrogen-bond donors (Lipinski definition) is 2. The molecule has 3 nitrogen and oxygen atoms in total. The SMILES string of the molecule is CC(C)(C#N)CNCc1cc(F)c(O)c(F)c1. The number of phenols is 1. The van der Waals surface area contributed by atoms with Gasteiger partial charge in [0.2, 0.25) is 0 Å². The van der Waals surface area contributed by atoms with Gasteiger partial charge < -0.3 is 10.4 Å². The molecule has 17 heavy (non-hydrogen) atoms. The zero-order chi connectivity index (χ0) is 13.1. The Morgan fingerprint density at radius 2 is 1.88 bits per heavy atom. The highest BCUT2D eigenvalue weighted by Crippen LogP contribution is 2.21. The number of nitrogens with zero attached hydrogens (tertiary/aromatic N) is 1. The van der Waals surface area contributed by atoms with Crippen molar-refractivity contribution in [3.63, 3.8) is 0 Å². The first-order chi connectivity index (χ1) is 7.85. The third kappa shape index (κ3) is 3.68. The summed E-state index contributed by atoms with van der Waals surface area (Å²) in [5, 5.41) is 20.6. The van der Waals surface area contributed by atoms with Crippen molar-refractivity contribution < 1.29 is 13.9 Å². The first kappa shape index (κ1) is 13.4. The van der Waals surface area contributed by atoms with Gasteiger partial charge in [0.1, 0.15) is 0 Å². The molecule has 0 radical (unpaired) electrons. The lowest BCUT2D eigenvalue weighted by Gasteiger charge is -2.15. The predicted molar refractivity (Wildman–Crippen MR) is 59.1 cm³/mol. The lowest BCUT2D eigenvalue weighted by Crippen LogP contribution is -2.27. The monoisotopic (exact) mass is 240 g/mol. The molecule has 0 saturated heterocycles. The Morgan fingerprint density at radius 1 is 1.35 bits per heavy atom. The van der Waals surface area contributed by atoms with Crippen LogP contribution in [-0.2, 0) is 6.54 Å². The second-order valence-electron chi connectivity index (χ2n) is 4.51. The molecule has 0 amide bonds. The van der Waals surface area contributed by atoms with Gasteiger partial charge in [-0.25, -0.2) is 8.78 Å². The molecule has 0 bridgehead atoms. The van der Waals surface area contributed by atoms with Crippen molar-refractivity contribution in [2.45, 2.75) is 20.4 Å². The Bertz CT molecular complexity index is 429. The summed E-state index contributed by atoms with van der Waals surface area (Å²) in [5.74, 6) is -2.94. The highest BCUT2D eigenvalue weighted by atomic mass is 19.1. The molecular weight excluding hydrogens is 226 g/mol. The van der Waals surface area contributed by atoms with Crippen LogP contribution in [0.15, 0.2) is 12.1 Å². The molecule has 0 spiro atoms. The Balaban J connectivity index is 2.63. The van der Waals surface area contributed by atoms with E-state index in [9.17, 15) is 8.78 Å². The topological polar surface area (TPSA) is 56.0 Å². The van der Waals surface area contributed by atoms with E-state index in [1.165, 1.54) is 0 Å². The molecule has 2 N–H and O–H groups in total. The summed E-state index contributed by atoms with van der Waals surface area (Å²) in [5.41, 5.74) is -0.153. The molecule has 0 aliphatic carbocycles. The summed E-state index contributed by atoms with van der Waals surface area (Å²) in [4.78, 5) is 0. The van der Waals surface area contributed by atoms with Crippen molar-refractivity contribution in [2.24, 2.45) is 5.41 Å². The maximum Gasteiger partial charge on any atom is 0.187 e. The summed E-state index contributed by atoms with van der Waals surface area (Å²) in [7, 11) is 0. The van der Waals surface area contributed by atoms with Gasteiger partial charge in [0, 0.05) is 13.1 Å². The van der Waals surface area contributed by atoms with Gasteiger partial charge in [0.05, 0.1) is 11.5 Å². The lowest BCUT2D eigenvalue weighted by atomic mass is 9.96. The van der Waals surface area contributed by atoms with Gasteiger partial charge >= 0.3 is 0 Å². The van der Waals surface area contributed by atoms with E-state index in [2.05, 4.69) is 11.4 Å². The van der Waals surface area contributed by atoms with E-state index in [4.69, 9.17) is 10.4 Å². The minimum Gasteiger partial charge on any atom is -0.503 e. The molecule has 1 aromatic rings. The highest BCUT2D eigenvalue weighted by molar-refractivity contribution is 5.29. The van der Waals surface area contributed by atoms with E-state index in [0.717, 1.165) is 12.1 Å².